The maximum atomic E-state index is 11.8. The van der Waals surface area contributed by atoms with Crippen LogP contribution < -0.4 is 10.2 Å². The van der Waals surface area contributed by atoms with Gasteiger partial charge in [0.2, 0.25) is 0 Å². The lowest BCUT2D eigenvalue weighted by Gasteiger charge is -2.09. The zero-order valence-corrected chi connectivity index (χ0v) is 13.1. The molecule has 5 heteroatoms. The highest BCUT2D eigenvalue weighted by molar-refractivity contribution is 6.00. The summed E-state index contributed by atoms with van der Waals surface area (Å²) in [6, 6.07) is 11.1. The number of carbonyl (C=O) groups is 1. The minimum Gasteiger partial charge on any atom is -0.493 e. The van der Waals surface area contributed by atoms with E-state index >= 15 is 0 Å². The Bertz CT molecular complexity index is 628. The Morgan fingerprint density at radius 3 is 2.59 bits per heavy atom. The van der Waals surface area contributed by atoms with E-state index in [1.807, 2.05) is 31.2 Å². The Labute approximate surface area is 130 Å². The molecule has 1 heterocycles. The van der Waals surface area contributed by atoms with Crippen LogP contribution in [0.1, 0.15) is 36.8 Å². The number of aromatic nitrogens is 1. The van der Waals surface area contributed by atoms with Crippen LogP contribution in [0.2, 0.25) is 0 Å². The van der Waals surface area contributed by atoms with Crippen molar-refractivity contribution >= 4 is 11.6 Å². The summed E-state index contributed by atoms with van der Waals surface area (Å²) < 4.78 is 5.64. The van der Waals surface area contributed by atoms with Gasteiger partial charge in [0.1, 0.15) is 11.4 Å². The molecule has 0 atom stereocenters. The lowest BCUT2D eigenvalue weighted by Crippen LogP contribution is -2.19. The van der Waals surface area contributed by atoms with E-state index in [-0.39, 0.29) is 5.91 Å². The van der Waals surface area contributed by atoms with E-state index in [0.717, 1.165) is 17.0 Å². The van der Waals surface area contributed by atoms with Crippen molar-refractivity contribution in [2.45, 2.75) is 20.8 Å². The SMILES string of the molecule is C/C(=N/NC(=O)c1ccc[nH]1)c1ccc(OCC(C)C)cc1. The van der Waals surface area contributed by atoms with Crippen LogP contribution in [-0.2, 0) is 0 Å². The molecule has 2 aromatic rings. The zero-order chi connectivity index (χ0) is 15.9. The van der Waals surface area contributed by atoms with Crippen molar-refractivity contribution in [1.82, 2.24) is 10.4 Å². The minimum absolute atomic E-state index is 0.263. The highest BCUT2D eigenvalue weighted by Crippen LogP contribution is 2.13. The van der Waals surface area contributed by atoms with Crippen LogP contribution in [0.3, 0.4) is 0 Å². The molecule has 0 aliphatic rings. The van der Waals surface area contributed by atoms with Crippen LogP contribution in [0.25, 0.3) is 0 Å². The summed E-state index contributed by atoms with van der Waals surface area (Å²) in [7, 11) is 0. The second-order valence-electron chi connectivity index (χ2n) is 5.45. The van der Waals surface area contributed by atoms with E-state index in [1.54, 1.807) is 18.3 Å². The first-order chi connectivity index (χ1) is 10.6. The Balaban J connectivity index is 1.95. The lowest BCUT2D eigenvalue weighted by atomic mass is 10.1. The second kappa shape index (κ2) is 7.45. The fourth-order valence-corrected chi connectivity index (χ4v) is 1.79. The summed E-state index contributed by atoms with van der Waals surface area (Å²) in [5.41, 5.74) is 4.67. The van der Waals surface area contributed by atoms with Crippen molar-refractivity contribution < 1.29 is 9.53 Å². The third kappa shape index (κ3) is 4.48. The van der Waals surface area contributed by atoms with E-state index in [0.29, 0.717) is 18.2 Å². The zero-order valence-electron chi connectivity index (χ0n) is 13.1. The number of nitrogens with one attached hydrogen (secondary N) is 2. The van der Waals surface area contributed by atoms with Crippen LogP contribution >= 0.6 is 0 Å². The molecule has 0 unspecified atom stereocenters. The van der Waals surface area contributed by atoms with Gasteiger partial charge in [-0.3, -0.25) is 4.79 Å². The average molecular weight is 299 g/mol. The number of hydrazone groups is 1. The molecule has 0 fully saturated rings. The predicted octanol–water partition coefficient (Wildman–Crippen LogP) is 3.20. The molecule has 1 amide bonds. The minimum atomic E-state index is -0.263. The molecule has 116 valence electrons. The highest BCUT2D eigenvalue weighted by atomic mass is 16.5. The Morgan fingerprint density at radius 2 is 2.00 bits per heavy atom. The number of aromatic amines is 1. The summed E-state index contributed by atoms with van der Waals surface area (Å²) in [5.74, 6) is 1.06. The monoisotopic (exact) mass is 299 g/mol. The molecule has 2 N–H and O–H groups in total. The maximum Gasteiger partial charge on any atom is 0.287 e. The number of amides is 1. The van der Waals surface area contributed by atoms with E-state index in [9.17, 15) is 4.79 Å². The van der Waals surface area contributed by atoms with Crippen LogP contribution in [0, 0.1) is 5.92 Å². The van der Waals surface area contributed by atoms with Gasteiger partial charge in [0.25, 0.3) is 5.91 Å². The number of carbonyl (C=O) groups excluding carboxylic acids is 1. The van der Waals surface area contributed by atoms with Gasteiger partial charge >= 0.3 is 0 Å². The molecule has 22 heavy (non-hydrogen) atoms. The maximum absolute atomic E-state index is 11.8. The van der Waals surface area contributed by atoms with Gasteiger partial charge in [-0.15, -0.1) is 0 Å². The van der Waals surface area contributed by atoms with Crippen molar-refractivity contribution in [3.05, 3.63) is 53.9 Å². The van der Waals surface area contributed by atoms with Gasteiger partial charge < -0.3 is 9.72 Å². The molecule has 1 aromatic carbocycles. The van der Waals surface area contributed by atoms with Crippen molar-refractivity contribution in [2.75, 3.05) is 6.61 Å². The van der Waals surface area contributed by atoms with Gasteiger partial charge in [0.15, 0.2) is 0 Å². The largest absolute Gasteiger partial charge is 0.493 e. The number of hydrogen-bond acceptors (Lipinski definition) is 3. The summed E-state index contributed by atoms with van der Waals surface area (Å²) >= 11 is 0. The number of ether oxygens (including phenoxy) is 1. The van der Waals surface area contributed by atoms with E-state index in [1.165, 1.54) is 0 Å². The molecule has 0 bridgehead atoms. The van der Waals surface area contributed by atoms with Crippen molar-refractivity contribution in [3.63, 3.8) is 0 Å². The summed E-state index contributed by atoms with van der Waals surface area (Å²) in [6.07, 6.45) is 1.70. The predicted molar refractivity (Wildman–Crippen MR) is 87.2 cm³/mol. The van der Waals surface area contributed by atoms with Gasteiger partial charge in [-0.25, -0.2) is 5.43 Å². The quantitative estimate of drug-likeness (QED) is 0.635. The molecular formula is C17H21N3O2. The molecular weight excluding hydrogens is 278 g/mol. The Morgan fingerprint density at radius 1 is 1.27 bits per heavy atom. The molecule has 0 radical (unpaired) electrons. The number of nitrogens with zero attached hydrogens (tertiary/aromatic N) is 1. The molecule has 1 aromatic heterocycles. The fourth-order valence-electron chi connectivity index (χ4n) is 1.79. The fraction of sp³-hybridized carbons (Fsp3) is 0.294. The standard InChI is InChI=1S/C17H21N3O2/c1-12(2)11-22-15-8-6-14(7-9-15)13(3)19-20-17(21)16-5-4-10-18-16/h4-10,12,18H,11H2,1-3H3,(H,20,21)/b19-13-. The Hall–Kier alpha value is -2.56. The second-order valence-corrected chi connectivity index (χ2v) is 5.45. The number of rotatable bonds is 6. The molecule has 0 aliphatic carbocycles. The summed E-state index contributed by atoms with van der Waals surface area (Å²) in [4.78, 5) is 14.6. The smallest absolute Gasteiger partial charge is 0.287 e. The average Bonchev–Trinajstić information content (AvgIpc) is 3.05. The van der Waals surface area contributed by atoms with E-state index in [4.69, 9.17) is 4.74 Å². The first kappa shape index (κ1) is 15.8. The van der Waals surface area contributed by atoms with Crippen LogP contribution in [-0.4, -0.2) is 23.2 Å². The number of benzene rings is 1. The highest BCUT2D eigenvalue weighted by Gasteiger charge is 2.05. The molecule has 0 spiro atoms. The van der Waals surface area contributed by atoms with E-state index < -0.39 is 0 Å². The van der Waals surface area contributed by atoms with Crippen molar-refractivity contribution in [1.29, 1.82) is 0 Å². The number of hydrogen-bond donors (Lipinski definition) is 2. The normalized spacial score (nSPS) is 11.5. The molecule has 2 rings (SSSR count). The van der Waals surface area contributed by atoms with E-state index in [2.05, 4.69) is 29.4 Å². The van der Waals surface area contributed by atoms with Crippen LogP contribution in [0.4, 0.5) is 0 Å². The summed E-state index contributed by atoms with van der Waals surface area (Å²) in [5, 5.41) is 4.11. The van der Waals surface area contributed by atoms with Gasteiger partial charge in [-0.05, 0) is 54.8 Å². The first-order valence-electron chi connectivity index (χ1n) is 7.27. The summed E-state index contributed by atoms with van der Waals surface area (Å²) in [6.45, 7) is 6.76. The van der Waals surface area contributed by atoms with Gasteiger partial charge in [-0.1, -0.05) is 13.8 Å². The Kier molecular flexibility index (Phi) is 5.36. The topological polar surface area (TPSA) is 66.5 Å². The van der Waals surface area contributed by atoms with Gasteiger partial charge in [-0.2, -0.15) is 5.10 Å². The molecule has 5 nitrogen and oxygen atoms in total. The molecule has 0 saturated heterocycles. The lowest BCUT2D eigenvalue weighted by molar-refractivity contribution is 0.0950. The van der Waals surface area contributed by atoms with Crippen molar-refractivity contribution in [2.24, 2.45) is 11.0 Å². The van der Waals surface area contributed by atoms with Crippen LogP contribution in [0.5, 0.6) is 5.75 Å². The molecule has 0 saturated carbocycles. The first-order valence-corrected chi connectivity index (χ1v) is 7.27. The molecule has 0 aliphatic heterocycles. The third-order valence-corrected chi connectivity index (χ3v) is 3.02. The third-order valence-electron chi connectivity index (χ3n) is 3.02. The van der Waals surface area contributed by atoms with Crippen LogP contribution in [0.15, 0.2) is 47.7 Å². The van der Waals surface area contributed by atoms with Gasteiger partial charge in [0, 0.05) is 6.20 Å². The number of H-pyrrole nitrogens is 1. The van der Waals surface area contributed by atoms with Gasteiger partial charge in [0.05, 0.1) is 12.3 Å². The van der Waals surface area contributed by atoms with Crippen molar-refractivity contribution in [3.8, 4) is 5.75 Å².